The summed E-state index contributed by atoms with van der Waals surface area (Å²) in [7, 11) is 0. The molecule has 1 aliphatic rings. The van der Waals surface area contributed by atoms with E-state index in [-0.39, 0.29) is 5.60 Å². The van der Waals surface area contributed by atoms with Gasteiger partial charge in [0.2, 0.25) is 0 Å². The minimum atomic E-state index is 0.264. The molecule has 1 atom stereocenters. The van der Waals surface area contributed by atoms with E-state index in [1.807, 2.05) is 11.8 Å². The molecule has 1 heterocycles. The second kappa shape index (κ2) is 2.93. The molecule has 1 fully saturated rings. The molecule has 1 unspecified atom stereocenters. The van der Waals surface area contributed by atoms with E-state index in [1.165, 1.54) is 17.9 Å². The van der Waals surface area contributed by atoms with E-state index in [1.54, 1.807) is 0 Å². The van der Waals surface area contributed by atoms with Gasteiger partial charge in [0.05, 0.1) is 12.2 Å². The van der Waals surface area contributed by atoms with Crippen LogP contribution >= 0.6 is 11.8 Å². The van der Waals surface area contributed by atoms with E-state index in [0.29, 0.717) is 0 Å². The minimum Gasteiger partial charge on any atom is -0.369 e. The van der Waals surface area contributed by atoms with Gasteiger partial charge in [0, 0.05) is 5.75 Å². The predicted octanol–water partition coefficient (Wildman–Crippen LogP) is 1.92. The summed E-state index contributed by atoms with van der Waals surface area (Å²) in [5, 5.41) is 0. The number of epoxide rings is 1. The zero-order valence-electron chi connectivity index (χ0n) is 6.14. The first-order valence-electron chi connectivity index (χ1n) is 3.48. The van der Waals surface area contributed by atoms with Crippen LogP contribution in [-0.2, 0) is 4.74 Å². The maximum atomic E-state index is 5.22. The van der Waals surface area contributed by atoms with Crippen molar-refractivity contribution in [3.63, 3.8) is 0 Å². The van der Waals surface area contributed by atoms with E-state index in [9.17, 15) is 0 Å². The number of hydrogen-bond donors (Lipinski definition) is 0. The minimum absolute atomic E-state index is 0.264. The molecular formula is C7H14OS. The van der Waals surface area contributed by atoms with Crippen LogP contribution in [0.25, 0.3) is 0 Å². The summed E-state index contributed by atoms with van der Waals surface area (Å²) in [5.74, 6) is 2.46. The van der Waals surface area contributed by atoms with Crippen LogP contribution in [0.5, 0.6) is 0 Å². The first-order chi connectivity index (χ1) is 4.27. The summed E-state index contributed by atoms with van der Waals surface area (Å²) in [5.41, 5.74) is 0.264. The fourth-order valence-electron chi connectivity index (χ4n) is 0.639. The van der Waals surface area contributed by atoms with Gasteiger partial charge in [-0.05, 0) is 19.1 Å². The summed E-state index contributed by atoms with van der Waals surface area (Å²) in [4.78, 5) is 0. The third-order valence-corrected chi connectivity index (χ3v) is 2.90. The second-order valence-electron chi connectivity index (χ2n) is 2.79. The van der Waals surface area contributed by atoms with Gasteiger partial charge in [0.1, 0.15) is 0 Å². The Kier molecular flexibility index (Phi) is 2.42. The lowest BCUT2D eigenvalue weighted by atomic mass is 10.3. The molecule has 0 amide bonds. The van der Waals surface area contributed by atoms with Gasteiger partial charge in [-0.2, -0.15) is 11.8 Å². The fraction of sp³-hybridized carbons (Fsp3) is 1.00. The highest BCUT2D eigenvalue weighted by Gasteiger charge is 2.38. The second-order valence-corrected chi connectivity index (χ2v) is 3.90. The Balaban J connectivity index is 1.92. The molecule has 0 aromatic heterocycles. The number of thioether (sulfide) groups is 1. The van der Waals surface area contributed by atoms with E-state index < -0.39 is 0 Å². The van der Waals surface area contributed by atoms with Gasteiger partial charge >= 0.3 is 0 Å². The molecular weight excluding hydrogens is 132 g/mol. The Labute approximate surface area is 61.2 Å². The van der Waals surface area contributed by atoms with Crippen molar-refractivity contribution in [3.05, 3.63) is 0 Å². The summed E-state index contributed by atoms with van der Waals surface area (Å²) in [6, 6.07) is 0. The van der Waals surface area contributed by atoms with Crippen LogP contribution in [0.15, 0.2) is 0 Å². The van der Waals surface area contributed by atoms with Gasteiger partial charge in [-0.25, -0.2) is 0 Å². The Bertz CT molecular complexity index is 88.9. The van der Waals surface area contributed by atoms with Crippen molar-refractivity contribution in [3.8, 4) is 0 Å². The molecule has 2 heteroatoms. The summed E-state index contributed by atoms with van der Waals surface area (Å²) < 4.78 is 5.22. The Morgan fingerprint density at radius 2 is 2.33 bits per heavy atom. The van der Waals surface area contributed by atoms with Crippen molar-refractivity contribution in [1.29, 1.82) is 0 Å². The standard InChI is InChI=1S/C7H14OS/c1-3-4-9-6-7(2)5-8-7/h3-6H2,1-2H3. The average Bonchev–Trinajstić information content (AvgIpc) is 2.50. The molecule has 0 aromatic rings. The van der Waals surface area contributed by atoms with Gasteiger partial charge < -0.3 is 4.74 Å². The predicted molar refractivity (Wildman–Crippen MR) is 42.0 cm³/mol. The van der Waals surface area contributed by atoms with Gasteiger partial charge in [-0.1, -0.05) is 6.92 Å². The lowest BCUT2D eigenvalue weighted by Gasteiger charge is -2.01. The summed E-state index contributed by atoms with van der Waals surface area (Å²) in [6.45, 7) is 5.36. The van der Waals surface area contributed by atoms with Crippen molar-refractivity contribution in [1.82, 2.24) is 0 Å². The first-order valence-corrected chi connectivity index (χ1v) is 4.64. The number of ether oxygens (including phenoxy) is 1. The first kappa shape index (κ1) is 7.42. The van der Waals surface area contributed by atoms with Gasteiger partial charge in [-0.15, -0.1) is 0 Å². The highest BCUT2D eigenvalue weighted by molar-refractivity contribution is 7.99. The van der Waals surface area contributed by atoms with E-state index in [4.69, 9.17) is 4.74 Å². The molecule has 1 saturated heterocycles. The fourth-order valence-corrected chi connectivity index (χ4v) is 1.67. The van der Waals surface area contributed by atoms with Crippen molar-refractivity contribution in [2.45, 2.75) is 25.9 Å². The third-order valence-electron chi connectivity index (χ3n) is 1.39. The summed E-state index contributed by atoms with van der Waals surface area (Å²) in [6.07, 6.45) is 1.28. The monoisotopic (exact) mass is 146 g/mol. The van der Waals surface area contributed by atoms with Crippen LogP contribution < -0.4 is 0 Å². The zero-order valence-corrected chi connectivity index (χ0v) is 6.96. The lowest BCUT2D eigenvalue weighted by Crippen LogP contribution is -2.07. The number of hydrogen-bond acceptors (Lipinski definition) is 2. The summed E-state index contributed by atoms with van der Waals surface area (Å²) >= 11 is 2.00. The van der Waals surface area contributed by atoms with E-state index in [0.717, 1.165) is 6.61 Å². The molecule has 9 heavy (non-hydrogen) atoms. The highest BCUT2D eigenvalue weighted by atomic mass is 32.2. The molecule has 1 nitrogen and oxygen atoms in total. The Hall–Kier alpha value is 0.310. The van der Waals surface area contributed by atoms with Crippen LogP contribution in [0, 0.1) is 0 Å². The van der Waals surface area contributed by atoms with Crippen molar-refractivity contribution < 1.29 is 4.74 Å². The lowest BCUT2D eigenvalue weighted by molar-refractivity contribution is 0.348. The molecule has 0 bridgehead atoms. The molecule has 54 valence electrons. The van der Waals surface area contributed by atoms with E-state index in [2.05, 4.69) is 13.8 Å². The highest BCUT2D eigenvalue weighted by Crippen LogP contribution is 2.29. The quantitative estimate of drug-likeness (QED) is 0.444. The molecule has 0 N–H and O–H groups in total. The topological polar surface area (TPSA) is 12.5 Å². The van der Waals surface area contributed by atoms with Crippen molar-refractivity contribution >= 4 is 11.8 Å². The van der Waals surface area contributed by atoms with Crippen LogP contribution in [-0.4, -0.2) is 23.7 Å². The van der Waals surface area contributed by atoms with Gasteiger partial charge in [0.25, 0.3) is 0 Å². The molecule has 0 spiro atoms. The van der Waals surface area contributed by atoms with Gasteiger partial charge in [-0.3, -0.25) is 0 Å². The Morgan fingerprint density at radius 3 is 2.78 bits per heavy atom. The van der Waals surface area contributed by atoms with Crippen LogP contribution in [0.2, 0.25) is 0 Å². The molecule has 0 saturated carbocycles. The van der Waals surface area contributed by atoms with Crippen LogP contribution in [0.3, 0.4) is 0 Å². The largest absolute Gasteiger partial charge is 0.369 e. The van der Waals surface area contributed by atoms with Crippen molar-refractivity contribution in [2.75, 3.05) is 18.1 Å². The normalized spacial score (nSPS) is 32.7. The molecule has 0 radical (unpaired) electrons. The van der Waals surface area contributed by atoms with Crippen LogP contribution in [0.4, 0.5) is 0 Å². The van der Waals surface area contributed by atoms with Crippen LogP contribution in [0.1, 0.15) is 20.3 Å². The SMILES string of the molecule is CCCSCC1(C)CO1. The van der Waals surface area contributed by atoms with Gasteiger partial charge in [0.15, 0.2) is 0 Å². The number of rotatable bonds is 4. The average molecular weight is 146 g/mol. The maximum absolute atomic E-state index is 5.22. The third kappa shape index (κ3) is 2.59. The molecule has 1 aliphatic heterocycles. The molecule has 0 aliphatic carbocycles. The van der Waals surface area contributed by atoms with E-state index >= 15 is 0 Å². The zero-order chi connectivity index (χ0) is 6.74. The Morgan fingerprint density at radius 1 is 1.67 bits per heavy atom. The smallest absolute Gasteiger partial charge is 0.0978 e. The van der Waals surface area contributed by atoms with Crippen molar-refractivity contribution in [2.24, 2.45) is 0 Å². The molecule has 0 aromatic carbocycles. The molecule has 1 rings (SSSR count). The maximum Gasteiger partial charge on any atom is 0.0978 e.